The molecule has 1 aromatic heterocycles. The van der Waals surface area contributed by atoms with Crippen molar-refractivity contribution in [3.8, 4) is 0 Å². The molecule has 0 saturated carbocycles. The summed E-state index contributed by atoms with van der Waals surface area (Å²) in [6, 6.07) is 4.38. The van der Waals surface area contributed by atoms with Crippen molar-refractivity contribution in [3.63, 3.8) is 0 Å². The molecule has 13 heteroatoms. The third-order valence-corrected chi connectivity index (χ3v) is 9.72. The summed E-state index contributed by atoms with van der Waals surface area (Å²) in [5, 5.41) is 2.26. The molecule has 3 aliphatic rings. The van der Waals surface area contributed by atoms with Crippen molar-refractivity contribution < 1.29 is 22.4 Å². The Morgan fingerprint density at radius 3 is 2.51 bits per heavy atom. The third kappa shape index (κ3) is 4.30. The Hall–Kier alpha value is -2.61. The number of hydrogen-bond acceptors (Lipinski definition) is 7. The van der Waals surface area contributed by atoms with Gasteiger partial charge in [0.25, 0.3) is 0 Å². The lowest BCUT2D eigenvalue weighted by molar-refractivity contribution is -0.127. The lowest BCUT2D eigenvalue weighted by Crippen LogP contribution is -2.47. The number of thiazole rings is 1. The zero-order valence-electron chi connectivity index (χ0n) is 19.5. The van der Waals surface area contributed by atoms with E-state index in [0.29, 0.717) is 51.4 Å². The molecule has 35 heavy (non-hydrogen) atoms. The average molecular weight is 523 g/mol. The van der Waals surface area contributed by atoms with Crippen LogP contribution < -0.4 is 10.2 Å². The van der Waals surface area contributed by atoms with Crippen molar-refractivity contribution >= 4 is 44.1 Å². The Kier molecular flexibility index (Phi) is 6.06. The van der Waals surface area contributed by atoms with Crippen LogP contribution >= 0.6 is 11.3 Å². The Morgan fingerprint density at radius 1 is 1.14 bits per heavy atom. The van der Waals surface area contributed by atoms with Gasteiger partial charge in [0.1, 0.15) is 0 Å². The molecule has 1 spiro atoms. The van der Waals surface area contributed by atoms with Crippen molar-refractivity contribution in [1.29, 1.82) is 0 Å². The monoisotopic (exact) mass is 522 g/mol. The molecular formula is C22H27FN6O4S2. The molecule has 3 amide bonds. The number of hydrogen-bond donors (Lipinski definition) is 1. The first-order valence-corrected chi connectivity index (χ1v) is 13.6. The second kappa shape index (κ2) is 8.80. The van der Waals surface area contributed by atoms with Crippen LogP contribution in [-0.2, 0) is 20.2 Å². The fourth-order valence-corrected chi connectivity index (χ4v) is 7.11. The predicted octanol–water partition coefficient (Wildman–Crippen LogP) is 1.76. The van der Waals surface area contributed by atoms with Crippen LogP contribution in [0.3, 0.4) is 0 Å². The molecular weight excluding hydrogens is 495 g/mol. The topological polar surface area (TPSA) is 106 Å². The fraction of sp³-hybridized carbons (Fsp3) is 0.500. The lowest BCUT2D eigenvalue weighted by Gasteiger charge is -2.32. The molecule has 4 heterocycles. The van der Waals surface area contributed by atoms with Crippen molar-refractivity contribution in [1.82, 2.24) is 19.1 Å². The number of anilines is 2. The molecule has 5 rings (SSSR count). The normalized spacial score (nSPS) is 23.2. The number of sulfonamides is 1. The van der Waals surface area contributed by atoms with Gasteiger partial charge >= 0.3 is 6.03 Å². The van der Waals surface area contributed by atoms with Crippen LogP contribution in [0.25, 0.3) is 0 Å². The van der Waals surface area contributed by atoms with Gasteiger partial charge in [0, 0.05) is 63.8 Å². The maximum absolute atomic E-state index is 13.4. The molecule has 3 aliphatic heterocycles. The van der Waals surface area contributed by atoms with E-state index in [4.69, 9.17) is 0 Å². The first kappa shape index (κ1) is 24.1. The Bertz CT molecular complexity index is 1280. The minimum absolute atomic E-state index is 0.0641. The number of rotatable bonds is 3. The molecule has 0 bridgehead atoms. The number of amides is 3. The number of likely N-dealkylation sites (N-methyl/N-ethyl adjacent to an activating group) is 1. The van der Waals surface area contributed by atoms with Gasteiger partial charge in [-0.15, -0.1) is 0 Å². The van der Waals surface area contributed by atoms with Gasteiger partial charge in [-0.05, 0) is 37.2 Å². The van der Waals surface area contributed by atoms with Crippen molar-refractivity contribution in [3.05, 3.63) is 35.1 Å². The molecule has 188 valence electrons. The van der Waals surface area contributed by atoms with Crippen molar-refractivity contribution in [2.24, 2.45) is 0 Å². The second-order valence-corrected chi connectivity index (χ2v) is 12.3. The van der Waals surface area contributed by atoms with E-state index in [0.717, 1.165) is 23.1 Å². The standard InChI is InChI=1S/C22H27FN6O4S2/c1-15(30)27-6-5-22(13-27)14-29(21(31)25-20-24-12-19(23)34-20)18-4-3-16(11-17(18)22)35(32,33)28-9-7-26(2)8-10-28/h3-4,11-12H,5-10,13-14H2,1-2H3,(H,24,25,31). The number of carbonyl (C=O) groups is 2. The number of nitrogens with zero attached hydrogens (tertiary/aromatic N) is 5. The number of aromatic nitrogens is 1. The number of piperazine rings is 1. The quantitative estimate of drug-likeness (QED) is 0.659. The van der Waals surface area contributed by atoms with Gasteiger partial charge in [-0.2, -0.15) is 8.70 Å². The molecule has 1 aromatic carbocycles. The second-order valence-electron chi connectivity index (χ2n) is 9.34. The summed E-state index contributed by atoms with van der Waals surface area (Å²) in [6.07, 6.45) is 1.64. The highest BCUT2D eigenvalue weighted by Gasteiger charge is 2.50. The van der Waals surface area contributed by atoms with Crippen LogP contribution in [0.15, 0.2) is 29.3 Å². The smallest absolute Gasteiger partial charge is 0.328 e. The minimum atomic E-state index is -3.71. The Morgan fingerprint density at radius 2 is 1.89 bits per heavy atom. The molecule has 0 aliphatic carbocycles. The van der Waals surface area contributed by atoms with Gasteiger partial charge in [0.15, 0.2) is 10.3 Å². The van der Waals surface area contributed by atoms with E-state index in [9.17, 15) is 22.4 Å². The molecule has 2 fully saturated rings. The van der Waals surface area contributed by atoms with Crippen molar-refractivity contribution in [2.75, 3.05) is 63.1 Å². The summed E-state index contributed by atoms with van der Waals surface area (Å²) < 4.78 is 41.7. The van der Waals surface area contributed by atoms with Crippen LogP contribution in [0.2, 0.25) is 0 Å². The van der Waals surface area contributed by atoms with E-state index in [1.54, 1.807) is 17.0 Å². The highest BCUT2D eigenvalue weighted by molar-refractivity contribution is 7.89. The molecule has 1 N–H and O–H groups in total. The number of likely N-dealkylation sites (tertiary alicyclic amines) is 1. The maximum Gasteiger partial charge on any atom is 0.328 e. The minimum Gasteiger partial charge on any atom is -0.342 e. The molecule has 1 unspecified atom stereocenters. The Balaban J connectivity index is 1.50. The van der Waals surface area contributed by atoms with E-state index in [2.05, 4.69) is 15.2 Å². The molecule has 1 atom stereocenters. The zero-order chi connectivity index (χ0) is 25.0. The number of carbonyl (C=O) groups excluding carboxylic acids is 2. The van der Waals surface area contributed by atoms with E-state index < -0.39 is 26.6 Å². The zero-order valence-corrected chi connectivity index (χ0v) is 21.2. The van der Waals surface area contributed by atoms with E-state index in [-0.39, 0.29) is 22.5 Å². The largest absolute Gasteiger partial charge is 0.342 e. The molecule has 2 aromatic rings. The van der Waals surface area contributed by atoms with Gasteiger partial charge in [-0.25, -0.2) is 18.2 Å². The van der Waals surface area contributed by atoms with Gasteiger partial charge in [-0.1, -0.05) is 11.3 Å². The van der Waals surface area contributed by atoms with Crippen LogP contribution in [0.4, 0.5) is 20.0 Å². The number of halogens is 1. The number of benzene rings is 1. The highest BCUT2D eigenvalue weighted by atomic mass is 32.2. The van der Waals surface area contributed by atoms with Gasteiger partial charge in [0.05, 0.1) is 11.1 Å². The summed E-state index contributed by atoms with van der Waals surface area (Å²) in [7, 11) is -1.75. The maximum atomic E-state index is 13.4. The summed E-state index contributed by atoms with van der Waals surface area (Å²) >= 11 is 0.728. The third-order valence-electron chi connectivity index (χ3n) is 7.13. The highest BCUT2D eigenvalue weighted by Crippen LogP contribution is 2.47. The molecule has 0 radical (unpaired) electrons. The summed E-state index contributed by atoms with van der Waals surface area (Å²) in [5.41, 5.74) is 0.735. The summed E-state index contributed by atoms with van der Waals surface area (Å²) in [4.78, 5) is 34.6. The molecule has 2 saturated heterocycles. The van der Waals surface area contributed by atoms with Crippen molar-refractivity contribution in [2.45, 2.75) is 23.7 Å². The lowest BCUT2D eigenvalue weighted by atomic mass is 9.81. The predicted molar refractivity (Wildman–Crippen MR) is 130 cm³/mol. The molecule has 10 nitrogen and oxygen atoms in total. The Labute approximate surface area is 207 Å². The first-order chi connectivity index (χ1) is 16.6. The van der Waals surface area contributed by atoms with E-state index in [1.807, 2.05) is 7.05 Å². The number of urea groups is 1. The SMILES string of the molecule is CC(=O)N1CCC2(C1)CN(C(=O)Nc1ncc(F)s1)c1ccc(S(=O)(=O)N3CCN(C)CC3)cc12. The van der Waals surface area contributed by atoms with Gasteiger partial charge in [-0.3, -0.25) is 15.0 Å². The summed E-state index contributed by atoms with van der Waals surface area (Å²) in [5.74, 6) is -0.0641. The summed E-state index contributed by atoms with van der Waals surface area (Å²) in [6.45, 7) is 4.85. The average Bonchev–Trinajstić information content (AvgIpc) is 3.52. The van der Waals surface area contributed by atoms with Crippen LogP contribution in [0, 0.1) is 5.13 Å². The van der Waals surface area contributed by atoms with E-state index >= 15 is 0 Å². The number of nitrogens with one attached hydrogen (secondary N) is 1. The van der Waals surface area contributed by atoms with Crippen LogP contribution in [0.5, 0.6) is 0 Å². The number of fused-ring (bicyclic) bond motifs is 2. The first-order valence-electron chi connectivity index (χ1n) is 11.4. The van der Waals surface area contributed by atoms with E-state index in [1.165, 1.54) is 22.2 Å². The van der Waals surface area contributed by atoms with Crippen LogP contribution in [0.1, 0.15) is 18.9 Å². The van der Waals surface area contributed by atoms with Gasteiger partial charge < -0.3 is 9.80 Å². The van der Waals surface area contributed by atoms with Gasteiger partial charge in [0.2, 0.25) is 15.9 Å². The van der Waals surface area contributed by atoms with Crippen LogP contribution in [-0.4, -0.2) is 92.3 Å². The fourth-order valence-electron chi connectivity index (χ4n) is 5.13.